The molecule has 0 saturated heterocycles. The van der Waals surface area contributed by atoms with E-state index in [-0.39, 0.29) is 5.41 Å². The van der Waals surface area contributed by atoms with Gasteiger partial charge in [-0.15, -0.1) is 0 Å². The average molecular weight is 178 g/mol. The second-order valence-corrected chi connectivity index (χ2v) is 4.14. The molecule has 1 aromatic rings. The molecule has 0 aromatic carbocycles. The first-order chi connectivity index (χ1) is 6.12. The Morgan fingerprint density at radius 1 is 1.62 bits per heavy atom. The van der Waals surface area contributed by atoms with Crippen LogP contribution in [0.2, 0.25) is 0 Å². The van der Waals surface area contributed by atoms with Crippen molar-refractivity contribution in [3.8, 4) is 0 Å². The highest BCUT2D eigenvalue weighted by Crippen LogP contribution is 2.37. The Morgan fingerprint density at radius 2 is 2.38 bits per heavy atom. The smallest absolute Gasteiger partial charge is 0.133 e. The van der Waals surface area contributed by atoms with Crippen molar-refractivity contribution in [2.75, 3.05) is 0 Å². The molecule has 0 bridgehead atoms. The van der Waals surface area contributed by atoms with Gasteiger partial charge in [0.05, 0.1) is 0 Å². The number of aromatic nitrogens is 2. The summed E-state index contributed by atoms with van der Waals surface area (Å²) in [6.07, 6.45) is 6.03. The summed E-state index contributed by atoms with van der Waals surface area (Å²) >= 11 is 0. The fourth-order valence-electron chi connectivity index (χ4n) is 2.17. The van der Waals surface area contributed by atoms with Crippen LogP contribution in [-0.2, 0) is 17.3 Å². The molecule has 0 radical (unpaired) electrons. The molecule has 1 aromatic heterocycles. The molecule has 1 saturated carbocycles. The molecule has 0 spiro atoms. The first kappa shape index (κ1) is 8.48. The van der Waals surface area contributed by atoms with E-state index in [1.54, 1.807) is 6.20 Å². The standard InChI is InChI=1S/C10H14N2O/c1-10(4-3-8(13)7-10)9-11-5-6-12(9)2/h5-6H,3-4,7H2,1-2H3. The minimum atomic E-state index is -0.0185. The van der Waals surface area contributed by atoms with Crippen LogP contribution in [0.25, 0.3) is 0 Å². The fraction of sp³-hybridized carbons (Fsp3) is 0.600. The predicted octanol–water partition coefficient (Wildman–Crippen LogP) is 1.43. The quantitative estimate of drug-likeness (QED) is 0.652. The third kappa shape index (κ3) is 1.28. The molecule has 1 aliphatic carbocycles. The Kier molecular flexibility index (Phi) is 1.75. The van der Waals surface area contributed by atoms with Crippen molar-refractivity contribution in [3.63, 3.8) is 0 Å². The molecule has 1 atom stereocenters. The maximum atomic E-state index is 11.2. The lowest BCUT2D eigenvalue weighted by atomic mass is 9.88. The van der Waals surface area contributed by atoms with Crippen molar-refractivity contribution in [2.45, 2.75) is 31.6 Å². The molecule has 1 aliphatic rings. The zero-order chi connectivity index (χ0) is 9.47. The Morgan fingerprint density at radius 3 is 2.85 bits per heavy atom. The van der Waals surface area contributed by atoms with Crippen LogP contribution < -0.4 is 0 Å². The number of imidazole rings is 1. The van der Waals surface area contributed by atoms with Crippen LogP contribution in [0.4, 0.5) is 0 Å². The molecule has 0 aliphatic heterocycles. The average Bonchev–Trinajstić information content (AvgIpc) is 2.59. The van der Waals surface area contributed by atoms with Gasteiger partial charge in [0.1, 0.15) is 11.6 Å². The number of aryl methyl sites for hydroxylation is 1. The number of carbonyl (C=O) groups excluding carboxylic acids is 1. The molecule has 0 N–H and O–H groups in total. The number of carbonyl (C=O) groups is 1. The number of rotatable bonds is 1. The topological polar surface area (TPSA) is 34.9 Å². The van der Waals surface area contributed by atoms with E-state index < -0.39 is 0 Å². The lowest BCUT2D eigenvalue weighted by molar-refractivity contribution is -0.117. The van der Waals surface area contributed by atoms with Crippen LogP contribution in [0, 0.1) is 0 Å². The largest absolute Gasteiger partial charge is 0.338 e. The minimum absolute atomic E-state index is 0.0185. The van der Waals surface area contributed by atoms with E-state index in [1.165, 1.54) is 0 Å². The second kappa shape index (κ2) is 2.69. The Bertz CT molecular complexity index is 342. The summed E-state index contributed by atoms with van der Waals surface area (Å²) in [4.78, 5) is 15.5. The summed E-state index contributed by atoms with van der Waals surface area (Å²) < 4.78 is 2.01. The van der Waals surface area contributed by atoms with Gasteiger partial charge in [0.2, 0.25) is 0 Å². The van der Waals surface area contributed by atoms with E-state index in [2.05, 4.69) is 11.9 Å². The van der Waals surface area contributed by atoms with Crippen molar-refractivity contribution in [1.82, 2.24) is 9.55 Å². The molecule has 1 heterocycles. The third-order valence-electron chi connectivity index (χ3n) is 2.90. The summed E-state index contributed by atoms with van der Waals surface area (Å²) in [5.74, 6) is 1.41. The van der Waals surface area contributed by atoms with Gasteiger partial charge in [-0.25, -0.2) is 4.98 Å². The first-order valence-electron chi connectivity index (χ1n) is 4.61. The monoisotopic (exact) mass is 178 g/mol. The van der Waals surface area contributed by atoms with Gasteiger partial charge in [-0.2, -0.15) is 0 Å². The molecule has 2 rings (SSSR count). The second-order valence-electron chi connectivity index (χ2n) is 4.14. The van der Waals surface area contributed by atoms with Crippen LogP contribution in [0.1, 0.15) is 32.0 Å². The summed E-state index contributed by atoms with van der Waals surface area (Å²) in [6.45, 7) is 2.13. The van der Waals surface area contributed by atoms with E-state index in [9.17, 15) is 4.79 Å². The number of ketones is 1. The van der Waals surface area contributed by atoms with Gasteiger partial charge in [-0.1, -0.05) is 6.92 Å². The van der Waals surface area contributed by atoms with Gasteiger partial charge in [0.25, 0.3) is 0 Å². The van der Waals surface area contributed by atoms with E-state index in [0.29, 0.717) is 18.6 Å². The number of Topliss-reactive ketones (excluding diaryl/α,β-unsaturated/α-hetero) is 1. The molecular weight excluding hydrogens is 164 g/mol. The lowest BCUT2D eigenvalue weighted by Crippen LogP contribution is -2.22. The molecule has 0 amide bonds. The normalized spacial score (nSPS) is 28.3. The zero-order valence-electron chi connectivity index (χ0n) is 8.08. The van der Waals surface area contributed by atoms with Crippen LogP contribution in [0.5, 0.6) is 0 Å². The molecule has 70 valence electrons. The van der Waals surface area contributed by atoms with Crippen LogP contribution >= 0.6 is 0 Å². The van der Waals surface area contributed by atoms with E-state index >= 15 is 0 Å². The van der Waals surface area contributed by atoms with Gasteiger partial charge >= 0.3 is 0 Å². The minimum Gasteiger partial charge on any atom is -0.338 e. The molecule has 1 fully saturated rings. The van der Waals surface area contributed by atoms with Gasteiger partial charge in [-0.3, -0.25) is 4.79 Å². The van der Waals surface area contributed by atoms with Crippen LogP contribution in [-0.4, -0.2) is 15.3 Å². The Labute approximate surface area is 77.8 Å². The summed E-state index contributed by atoms with van der Waals surface area (Å²) in [5, 5.41) is 0. The molecule has 13 heavy (non-hydrogen) atoms. The number of nitrogens with zero attached hydrogens (tertiary/aromatic N) is 2. The van der Waals surface area contributed by atoms with Gasteiger partial charge in [0, 0.05) is 37.7 Å². The van der Waals surface area contributed by atoms with Gasteiger partial charge in [-0.05, 0) is 6.42 Å². The molecule has 1 unspecified atom stereocenters. The zero-order valence-corrected chi connectivity index (χ0v) is 8.08. The Hall–Kier alpha value is -1.12. The number of hydrogen-bond acceptors (Lipinski definition) is 2. The highest BCUT2D eigenvalue weighted by molar-refractivity contribution is 5.82. The van der Waals surface area contributed by atoms with Gasteiger partial charge < -0.3 is 4.57 Å². The highest BCUT2D eigenvalue weighted by Gasteiger charge is 2.38. The Balaban J connectivity index is 2.35. The van der Waals surface area contributed by atoms with E-state index in [0.717, 1.165) is 12.2 Å². The van der Waals surface area contributed by atoms with Crippen molar-refractivity contribution in [3.05, 3.63) is 18.2 Å². The van der Waals surface area contributed by atoms with Crippen molar-refractivity contribution in [2.24, 2.45) is 7.05 Å². The summed E-state index contributed by atoms with van der Waals surface area (Å²) in [7, 11) is 1.98. The lowest BCUT2D eigenvalue weighted by Gasteiger charge is -2.21. The highest BCUT2D eigenvalue weighted by atomic mass is 16.1. The van der Waals surface area contributed by atoms with Crippen LogP contribution in [0.15, 0.2) is 12.4 Å². The SMILES string of the molecule is Cn1ccnc1C1(C)CCC(=O)C1. The molecular formula is C10H14N2O. The first-order valence-corrected chi connectivity index (χ1v) is 4.61. The molecule has 3 heteroatoms. The van der Waals surface area contributed by atoms with Gasteiger partial charge in [0.15, 0.2) is 0 Å². The van der Waals surface area contributed by atoms with E-state index in [1.807, 2.05) is 17.8 Å². The fourth-order valence-corrected chi connectivity index (χ4v) is 2.17. The van der Waals surface area contributed by atoms with Crippen molar-refractivity contribution in [1.29, 1.82) is 0 Å². The third-order valence-corrected chi connectivity index (χ3v) is 2.90. The molecule has 3 nitrogen and oxygen atoms in total. The summed E-state index contributed by atoms with van der Waals surface area (Å²) in [6, 6.07) is 0. The van der Waals surface area contributed by atoms with Crippen molar-refractivity contribution >= 4 is 5.78 Å². The predicted molar refractivity (Wildman–Crippen MR) is 49.4 cm³/mol. The maximum absolute atomic E-state index is 11.2. The maximum Gasteiger partial charge on any atom is 0.133 e. The number of hydrogen-bond donors (Lipinski definition) is 0. The van der Waals surface area contributed by atoms with Crippen molar-refractivity contribution < 1.29 is 4.79 Å². The van der Waals surface area contributed by atoms with Crippen LogP contribution in [0.3, 0.4) is 0 Å². The van der Waals surface area contributed by atoms with E-state index in [4.69, 9.17) is 0 Å². The summed E-state index contributed by atoms with van der Waals surface area (Å²) in [5.41, 5.74) is -0.0185.